The zero-order valence-corrected chi connectivity index (χ0v) is 18.4. The van der Waals surface area contributed by atoms with Gasteiger partial charge in [-0.1, -0.05) is 26.3 Å². The predicted octanol–water partition coefficient (Wildman–Crippen LogP) is 6.12. The second-order valence-corrected chi connectivity index (χ2v) is 9.30. The van der Waals surface area contributed by atoms with E-state index in [1.807, 2.05) is 0 Å². The number of benzene rings is 1. The number of hydrogen-bond donors (Lipinski definition) is 0. The van der Waals surface area contributed by atoms with Gasteiger partial charge in [0.2, 0.25) is 5.75 Å². The molecule has 0 amide bonds. The summed E-state index contributed by atoms with van der Waals surface area (Å²) in [6.45, 7) is 6.94. The van der Waals surface area contributed by atoms with Crippen molar-refractivity contribution in [1.82, 2.24) is 0 Å². The van der Waals surface area contributed by atoms with Crippen LogP contribution in [0.2, 0.25) is 0 Å². The summed E-state index contributed by atoms with van der Waals surface area (Å²) in [5, 5.41) is 0. The van der Waals surface area contributed by atoms with Crippen LogP contribution in [0.5, 0.6) is 5.75 Å². The molecule has 2 fully saturated rings. The van der Waals surface area contributed by atoms with Crippen LogP contribution in [-0.4, -0.2) is 11.9 Å². The lowest BCUT2D eigenvalue weighted by Gasteiger charge is -2.36. The van der Waals surface area contributed by atoms with E-state index in [1.54, 1.807) is 0 Å². The van der Waals surface area contributed by atoms with Gasteiger partial charge in [0.15, 0.2) is 11.6 Å². The van der Waals surface area contributed by atoms with E-state index >= 15 is 0 Å². The molecule has 6 heteroatoms. The third kappa shape index (κ3) is 6.14. The monoisotopic (exact) mass is 434 g/mol. The van der Waals surface area contributed by atoms with Gasteiger partial charge in [-0.25, -0.2) is 13.6 Å². The first-order valence-electron chi connectivity index (χ1n) is 11.3. The Morgan fingerprint density at radius 1 is 0.968 bits per heavy atom. The van der Waals surface area contributed by atoms with E-state index in [-0.39, 0.29) is 23.7 Å². The zero-order chi connectivity index (χ0) is 22.5. The van der Waals surface area contributed by atoms with Crippen molar-refractivity contribution in [3.63, 3.8) is 0 Å². The molecule has 0 atom stereocenters. The summed E-state index contributed by atoms with van der Waals surface area (Å²) < 4.78 is 38.8. The second-order valence-electron chi connectivity index (χ2n) is 9.30. The fourth-order valence-electron chi connectivity index (χ4n) is 4.83. The van der Waals surface area contributed by atoms with E-state index in [0.29, 0.717) is 18.8 Å². The van der Waals surface area contributed by atoms with Crippen LogP contribution in [0, 0.1) is 35.3 Å². The number of hydrogen-bond acceptors (Lipinski definition) is 4. The van der Waals surface area contributed by atoms with Crippen molar-refractivity contribution >= 4 is 11.9 Å². The minimum Gasteiger partial charge on any atom is -0.457 e. The van der Waals surface area contributed by atoms with Crippen LogP contribution in [0.4, 0.5) is 8.78 Å². The first kappa shape index (κ1) is 23.4. The van der Waals surface area contributed by atoms with Crippen molar-refractivity contribution in [2.75, 3.05) is 0 Å². The summed E-state index contributed by atoms with van der Waals surface area (Å²) >= 11 is 0. The van der Waals surface area contributed by atoms with Crippen LogP contribution < -0.4 is 4.74 Å². The van der Waals surface area contributed by atoms with Gasteiger partial charge in [-0.15, -0.1) is 0 Å². The Balaban J connectivity index is 1.53. The molecule has 0 aliphatic heterocycles. The van der Waals surface area contributed by atoms with E-state index < -0.39 is 29.3 Å². The lowest BCUT2D eigenvalue weighted by Crippen LogP contribution is -2.30. The highest BCUT2D eigenvalue weighted by atomic mass is 19.1. The average molecular weight is 435 g/mol. The molecular weight excluding hydrogens is 402 g/mol. The van der Waals surface area contributed by atoms with Gasteiger partial charge >= 0.3 is 11.9 Å². The molecule has 0 radical (unpaired) electrons. The number of ether oxygens (including phenoxy) is 2. The first-order valence-corrected chi connectivity index (χ1v) is 11.3. The van der Waals surface area contributed by atoms with Crippen molar-refractivity contribution in [3.05, 3.63) is 41.5 Å². The van der Waals surface area contributed by atoms with Crippen LogP contribution in [-0.2, 0) is 20.9 Å². The fourth-order valence-corrected chi connectivity index (χ4v) is 4.83. The molecule has 3 rings (SSSR count). The van der Waals surface area contributed by atoms with Gasteiger partial charge in [0.25, 0.3) is 0 Å². The lowest BCUT2D eigenvalue weighted by molar-refractivity contribution is -0.141. The van der Waals surface area contributed by atoms with Gasteiger partial charge < -0.3 is 9.47 Å². The summed E-state index contributed by atoms with van der Waals surface area (Å²) in [5.74, 6) is -2.00. The summed E-state index contributed by atoms with van der Waals surface area (Å²) in [4.78, 5) is 24.0. The lowest BCUT2D eigenvalue weighted by atomic mass is 9.69. The first-order chi connectivity index (χ1) is 14.7. The number of carbonyl (C=O) groups excluding carboxylic acids is 2. The average Bonchev–Trinajstić information content (AvgIpc) is 2.75. The normalized spacial score (nSPS) is 26.2. The molecule has 2 aliphatic carbocycles. The van der Waals surface area contributed by atoms with Crippen LogP contribution in [0.25, 0.3) is 0 Å². The molecule has 1 aromatic carbocycles. The van der Waals surface area contributed by atoms with Gasteiger partial charge in [0.1, 0.15) is 6.61 Å². The van der Waals surface area contributed by atoms with Crippen molar-refractivity contribution in [2.24, 2.45) is 23.7 Å². The van der Waals surface area contributed by atoms with Crippen molar-refractivity contribution in [3.8, 4) is 5.75 Å². The third-order valence-corrected chi connectivity index (χ3v) is 6.81. The standard InChI is InChI=1S/C25H32F2O4/c1-15(2)24(28)30-14-17-12-21(26)23(22(27)13-17)31-25(29)20-10-8-19(9-11-20)18-6-4-16(3)5-7-18/h12-13,16,18-20H,1,4-11,14H2,2-3H3. The molecule has 2 saturated carbocycles. The van der Waals surface area contributed by atoms with E-state index in [2.05, 4.69) is 13.5 Å². The minimum absolute atomic E-state index is 0.131. The molecule has 2 aliphatic rings. The van der Waals surface area contributed by atoms with E-state index in [1.165, 1.54) is 32.6 Å². The Morgan fingerprint density at radius 3 is 2.00 bits per heavy atom. The molecule has 0 aromatic heterocycles. The van der Waals surface area contributed by atoms with E-state index in [4.69, 9.17) is 9.47 Å². The van der Waals surface area contributed by atoms with E-state index in [9.17, 15) is 18.4 Å². The maximum atomic E-state index is 14.4. The second kappa shape index (κ2) is 10.4. The maximum Gasteiger partial charge on any atom is 0.333 e. The maximum absolute atomic E-state index is 14.4. The molecule has 1 aromatic rings. The molecule has 170 valence electrons. The van der Waals surface area contributed by atoms with Gasteiger partial charge in [-0.05, 0) is 80.9 Å². The summed E-state index contributed by atoms with van der Waals surface area (Å²) in [6.07, 6.45) is 8.45. The molecule has 0 unspecified atom stereocenters. The topological polar surface area (TPSA) is 52.6 Å². The smallest absolute Gasteiger partial charge is 0.333 e. The Labute approximate surface area is 183 Å². The van der Waals surface area contributed by atoms with Gasteiger partial charge in [-0.2, -0.15) is 0 Å². The van der Waals surface area contributed by atoms with Crippen molar-refractivity contribution < 1.29 is 27.8 Å². The molecule has 4 nitrogen and oxygen atoms in total. The Morgan fingerprint density at radius 2 is 1.48 bits per heavy atom. The van der Waals surface area contributed by atoms with Crippen LogP contribution >= 0.6 is 0 Å². The Kier molecular flexibility index (Phi) is 7.84. The summed E-state index contributed by atoms with van der Waals surface area (Å²) in [7, 11) is 0. The molecule has 0 saturated heterocycles. The predicted molar refractivity (Wildman–Crippen MR) is 113 cm³/mol. The van der Waals surface area contributed by atoms with Crippen LogP contribution in [0.1, 0.15) is 70.8 Å². The SMILES string of the molecule is C=C(C)C(=O)OCc1cc(F)c(OC(=O)C2CCC(C3CCC(C)CC3)CC2)c(F)c1. The third-order valence-electron chi connectivity index (χ3n) is 6.81. The van der Waals surface area contributed by atoms with Crippen LogP contribution in [0.15, 0.2) is 24.3 Å². The molecular formula is C25H32F2O4. The zero-order valence-electron chi connectivity index (χ0n) is 18.4. The largest absolute Gasteiger partial charge is 0.457 e. The molecule has 0 bridgehead atoms. The summed E-state index contributed by atoms with van der Waals surface area (Å²) in [6, 6.07) is 2.02. The number of esters is 2. The van der Waals surface area contributed by atoms with Gasteiger partial charge in [0.05, 0.1) is 5.92 Å². The highest BCUT2D eigenvalue weighted by molar-refractivity contribution is 5.86. The minimum atomic E-state index is -0.986. The van der Waals surface area contributed by atoms with Gasteiger partial charge in [-0.3, -0.25) is 4.79 Å². The Bertz CT molecular complexity index is 796. The number of carbonyl (C=O) groups is 2. The molecule has 0 N–H and O–H groups in total. The number of rotatable bonds is 6. The molecule has 0 spiro atoms. The highest BCUT2D eigenvalue weighted by Crippen LogP contribution is 2.41. The quantitative estimate of drug-likeness (QED) is 0.307. The Hall–Kier alpha value is -2.24. The number of halogens is 2. The fraction of sp³-hybridized carbons (Fsp3) is 0.600. The van der Waals surface area contributed by atoms with Crippen LogP contribution in [0.3, 0.4) is 0 Å². The summed E-state index contributed by atoms with van der Waals surface area (Å²) in [5.41, 5.74) is 0.325. The molecule has 0 heterocycles. The molecule has 31 heavy (non-hydrogen) atoms. The van der Waals surface area contributed by atoms with Gasteiger partial charge in [0, 0.05) is 5.57 Å². The van der Waals surface area contributed by atoms with E-state index in [0.717, 1.165) is 36.8 Å². The van der Waals surface area contributed by atoms with Crippen molar-refractivity contribution in [1.29, 1.82) is 0 Å². The highest BCUT2D eigenvalue weighted by Gasteiger charge is 2.33. The van der Waals surface area contributed by atoms with Crippen molar-refractivity contribution in [2.45, 2.75) is 71.8 Å².